The minimum absolute atomic E-state index is 0.0151. The molecule has 0 unspecified atom stereocenters. The van der Waals surface area contributed by atoms with Crippen molar-refractivity contribution in [3.63, 3.8) is 0 Å². The Morgan fingerprint density at radius 3 is 2.26 bits per heavy atom. The second-order valence-corrected chi connectivity index (χ2v) is 3.28. The highest BCUT2D eigenvalue weighted by Gasteiger charge is 2.09. The summed E-state index contributed by atoms with van der Waals surface area (Å²) >= 11 is 0. The number of rotatable bonds is 4. The van der Waals surface area contributed by atoms with Gasteiger partial charge in [0.25, 0.3) is 0 Å². The highest BCUT2D eigenvalue weighted by atomic mass is 19.1. The number of anilines is 1. The number of aromatic nitrogens is 3. The van der Waals surface area contributed by atoms with Crippen LogP contribution in [0.25, 0.3) is 0 Å². The van der Waals surface area contributed by atoms with E-state index in [0.29, 0.717) is 6.07 Å². The maximum Gasteiger partial charge on any atom is 0.330 e. The Bertz CT molecular complexity index is 554. The van der Waals surface area contributed by atoms with Crippen LogP contribution in [0, 0.1) is 11.6 Å². The summed E-state index contributed by atoms with van der Waals surface area (Å²) in [6.45, 7) is 0. The number of nitrogens with one attached hydrogen (secondary N) is 1. The average molecular weight is 269 g/mol. The average Bonchev–Trinajstić information content (AvgIpc) is 2.37. The topological polar surface area (TPSA) is 95.2 Å². The number of nitrogens with zero attached hydrogens (tertiary/aromatic N) is 3. The molecule has 0 amide bonds. The Morgan fingerprint density at radius 1 is 1.05 bits per heavy atom. The SMILES string of the molecule is COc1nc(NN)nc(Oc2cc(F)cc(F)c2)n1. The van der Waals surface area contributed by atoms with E-state index >= 15 is 0 Å². The standard InChI is InChI=1S/C10H9F2N5O2/c1-18-9-14-8(17-13)15-10(16-9)19-7-3-5(11)2-6(12)4-7/h2-4H,13H2,1H3,(H,14,15,16,17). The molecular formula is C10H9F2N5O2. The van der Waals surface area contributed by atoms with Gasteiger partial charge < -0.3 is 9.47 Å². The molecule has 3 N–H and O–H groups in total. The zero-order valence-electron chi connectivity index (χ0n) is 9.72. The van der Waals surface area contributed by atoms with Crippen molar-refractivity contribution in [3.8, 4) is 17.8 Å². The molecule has 9 heteroatoms. The second kappa shape index (κ2) is 5.40. The van der Waals surface area contributed by atoms with Gasteiger partial charge in [0.05, 0.1) is 7.11 Å². The predicted molar refractivity (Wildman–Crippen MR) is 60.6 cm³/mol. The summed E-state index contributed by atoms with van der Waals surface area (Å²) in [4.78, 5) is 11.2. The van der Waals surface area contributed by atoms with Crippen LogP contribution in [0.4, 0.5) is 14.7 Å². The number of hydrogen-bond acceptors (Lipinski definition) is 7. The number of nitrogens with two attached hydrogens (primary N) is 1. The fourth-order valence-corrected chi connectivity index (χ4v) is 1.23. The highest BCUT2D eigenvalue weighted by molar-refractivity contribution is 5.30. The summed E-state index contributed by atoms with van der Waals surface area (Å²) in [5.74, 6) is 3.46. The number of halogens is 2. The van der Waals surface area contributed by atoms with Crippen molar-refractivity contribution in [2.24, 2.45) is 5.84 Å². The molecule has 0 aliphatic rings. The molecule has 0 saturated carbocycles. The van der Waals surface area contributed by atoms with Crippen LogP contribution >= 0.6 is 0 Å². The number of ether oxygens (including phenoxy) is 2. The third kappa shape index (κ3) is 3.22. The number of benzene rings is 1. The van der Waals surface area contributed by atoms with Crippen LogP contribution in [0.2, 0.25) is 0 Å². The maximum atomic E-state index is 13.0. The van der Waals surface area contributed by atoms with E-state index in [9.17, 15) is 8.78 Å². The van der Waals surface area contributed by atoms with Gasteiger partial charge in [-0.1, -0.05) is 0 Å². The van der Waals surface area contributed by atoms with E-state index in [-0.39, 0.29) is 23.7 Å². The van der Waals surface area contributed by atoms with Crippen LogP contribution < -0.4 is 20.7 Å². The molecule has 19 heavy (non-hydrogen) atoms. The van der Waals surface area contributed by atoms with Crippen LogP contribution in [-0.2, 0) is 0 Å². The third-order valence-electron chi connectivity index (χ3n) is 1.95. The molecule has 100 valence electrons. The van der Waals surface area contributed by atoms with Crippen molar-refractivity contribution >= 4 is 5.95 Å². The molecule has 1 aromatic carbocycles. The van der Waals surface area contributed by atoms with Crippen LogP contribution in [-0.4, -0.2) is 22.1 Å². The van der Waals surface area contributed by atoms with Crippen molar-refractivity contribution in [1.82, 2.24) is 15.0 Å². The van der Waals surface area contributed by atoms with Gasteiger partial charge in [-0.15, -0.1) is 4.98 Å². The number of methoxy groups -OCH3 is 1. The molecule has 0 atom stereocenters. The Morgan fingerprint density at radius 2 is 1.68 bits per heavy atom. The fourth-order valence-electron chi connectivity index (χ4n) is 1.23. The van der Waals surface area contributed by atoms with E-state index in [2.05, 4.69) is 20.4 Å². The summed E-state index contributed by atoms with van der Waals surface area (Å²) < 4.78 is 35.9. The third-order valence-corrected chi connectivity index (χ3v) is 1.95. The summed E-state index contributed by atoms with van der Waals surface area (Å²) in [6, 6.07) is 2.40. The fraction of sp³-hybridized carbons (Fsp3) is 0.100. The molecule has 2 rings (SSSR count). The molecule has 0 fully saturated rings. The van der Waals surface area contributed by atoms with Crippen LogP contribution in [0.3, 0.4) is 0 Å². The van der Waals surface area contributed by atoms with Gasteiger partial charge >= 0.3 is 12.0 Å². The Labute approximate surface area is 106 Å². The van der Waals surface area contributed by atoms with Crippen LogP contribution in [0.5, 0.6) is 17.8 Å². The van der Waals surface area contributed by atoms with Gasteiger partial charge in [0.15, 0.2) is 0 Å². The first-order valence-electron chi connectivity index (χ1n) is 5.01. The summed E-state index contributed by atoms with van der Waals surface area (Å²) in [7, 11) is 1.33. The molecule has 0 spiro atoms. The van der Waals surface area contributed by atoms with Crippen molar-refractivity contribution in [2.75, 3.05) is 12.5 Å². The molecule has 0 bridgehead atoms. The van der Waals surface area contributed by atoms with Crippen LogP contribution in [0.15, 0.2) is 18.2 Å². The quantitative estimate of drug-likeness (QED) is 0.636. The lowest BCUT2D eigenvalue weighted by Gasteiger charge is -2.06. The zero-order chi connectivity index (χ0) is 13.8. The lowest BCUT2D eigenvalue weighted by molar-refractivity contribution is 0.359. The number of nitrogen functional groups attached to an aromatic ring is 1. The Hall–Kier alpha value is -2.55. The van der Waals surface area contributed by atoms with Gasteiger partial charge in [-0.2, -0.15) is 9.97 Å². The van der Waals surface area contributed by atoms with E-state index in [1.165, 1.54) is 7.11 Å². The molecular weight excluding hydrogens is 260 g/mol. The molecule has 0 aliphatic heterocycles. The van der Waals surface area contributed by atoms with Crippen molar-refractivity contribution in [3.05, 3.63) is 29.8 Å². The lowest BCUT2D eigenvalue weighted by atomic mass is 10.3. The van der Waals surface area contributed by atoms with E-state index < -0.39 is 11.6 Å². The molecule has 0 saturated heterocycles. The van der Waals surface area contributed by atoms with Crippen molar-refractivity contribution < 1.29 is 18.3 Å². The van der Waals surface area contributed by atoms with Gasteiger partial charge in [0.2, 0.25) is 5.95 Å². The van der Waals surface area contributed by atoms with Gasteiger partial charge in [-0.25, -0.2) is 14.6 Å². The van der Waals surface area contributed by atoms with Gasteiger partial charge in [-0.3, -0.25) is 5.43 Å². The molecule has 1 aromatic heterocycles. The van der Waals surface area contributed by atoms with Crippen molar-refractivity contribution in [2.45, 2.75) is 0 Å². The predicted octanol–water partition coefficient (Wildman–Crippen LogP) is 1.24. The zero-order valence-corrected chi connectivity index (χ0v) is 9.72. The first-order valence-corrected chi connectivity index (χ1v) is 5.01. The van der Waals surface area contributed by atoms with Gasteiger partial charge in [0.1, 0.15) is 17.4 Å². The highest BCUT2D eigenvalue weighted by Crippen LogP contribution is 2.22. The normalized spacial score (nSPS) is 10.1. The second-order valence-electron chi connectivity index (χ2n) is 3.28. The van der Waals surface area contributed by atoms with Crippen molar-refractivity contribution in [1.29, 1.82) is 0 Å². The lowest BCUT2D eigenvalue weighted by Crippen LogP contribution is -2.12. The molecule has 0 aliphatic carbocycles. The molecule has 2 aromatic rings. The number of hydrazine groups is 1. The summed E-state index contributed by atoms with van der Waals surface area (Å²) in [6.07, 6.45) is 0. The Balaban J connectivity index is 2.31. The Kier molecular flexibility index (Phi) is 3.66. The molecule has 1 heterocycles. The van der Waals surface area contributed by atoms with E-state index in [0.717, 1.165) is 12.1 Å². The minimum atomic E-state index is -0.784. The maximum absolute atomic E-state index is 13.0. The molecule has 0 radical (unpaired) electrons. The smallest absolute Gasteiger partial charge is 0.330 e. The minimum Gasteiger partial charge on any atom is -0.467 e. The number of hydrogen-bond donors (Lipinski definition) is 2. The van der Waals surface area contributed by atoms with Crippen LogP contribution in [0.1, 0.15) is 0 Å². The monoisotopic (exact) mass is 269 g/mol. The van der Waals surface area contributed by atoms with E-state index in [4.69, 9.17) is 15.3 Å². The van der Waals surface area contributed by atoms with E-state index in [1.54, 1.807) is 0 Å². The summed E-state index contributed by atoms with van der Waals surface area (Å²) in [5, 5.41) is 0. The van der Waals surface area contributed by atoms with E-state index in [1.807, 2.05) is 0 Å². The first kappa shape index (κ1) is 12.9. The largest absolute Gasteiger partial charge is 0.467 e. The molecule has 7 nitrogen and oxygen atoms in total. The van der Waals surface area contributed by atoms with Gasteiger partial charge in [0, 0.05) is 18.2 Å². The summed E-state index contributed by atoms with van der Waals surface area (Å²) in [5.41, 5.74) is 2.18. The van der Waals surface area contributed by atoms with Gasteiger partial charge in [-0.05, 0) is 0 Å². The first-order chi connectivity index (χ1) is 9.10.